The van der Waals surface area contributed by atoms with Crippen LogP contribution in [0.25, 0.3) is 0 Å². The van der Waals surface area contributed by atoms with Crippen molar-refractivity contribution in [2.75, 3.05) is 5.73 Å². The minimum absolute atomic E-state index is 0.113. The summed E-state index contributed by atoms with van der Waals surface area (Å²) in [4.78, 5) is 10.9. The number of anilines is 1. The minimum Gasteiger partial charge on any atom is -0.481 e. The van der Waals surface area contributed by atoms with Crippen molar-refractivity contribution in [3.63, 3.8) is 0 Å². The summed E-state index contributed by atoms with van der Waals surface area (Å²) in [6, 6.07) is 14.8. The van der Waals surface area contributed by atoms with Gasteiger partial charge in [-0.15, -0.1) is 0 Å². The number of carbonyl (C=O) groups is 1. The molecular formula is C16H15NO3. The predicted octanol–water partition coefficient (Wildman–Crippen LogP) is 3.25. The number of carboxylic acid groups (broad SMARTS) is 1. The highest BCUT2D eigenvalue weighted by molar-refractivity contribution is 5.75. The van der Waals surface area contributed by atoms with E-state index in [4.69, 9.17) is 15.6 Å². The number of rotatable bonds is 4. The van der Waals surface area contributed by atoms with Crippen LogP contribution in [-0.2, 0) is 4.79 Å². The third kappa shape index (κ3) is 2.59. The van der Waals surface area contributed by atoms with Crippen LogP contribution in [0.4, 0.5) is 5.69 Å². The van der Waals surface area contributed by atoms with Crippen LogP contribution in [0, 0.1) is 5.92 Å². The largest absolute Gasteiger partial charge is 0.481 e. The number of nitrogens with two attached hydrogens (primary N) is 1. The van der Waals surface area contributed by atoms with Gasteiger partial charge in [0, 0.05) is 5.69 Å². The highest BCUT2D eigenvalue weighted by atomic mass is 16.5. The average molecular weight is 269 g/mol. The van der Waals surface area contributed by atoms with E-state index in [1.165, 1.54) is 0 Å². The molecule has 0 aliphatic heterocycles. The Morgan fingerprint density at radius 1 is 1.15 bits per heavy atom. The topological polar surface area (TPSA) is 72.5 Å². The molecule has 0 bridgehead atoms. The van der Waals surface area contributed by atoms with Crippen LogP contribution in [0.3, 0.4) is 0 Å². The Bertz CT molecular complexity index is 636. The van der Waals surface area contributed by atoms with Crippen molar-refractivity contribution in [1.29, 1.82) is 0 Å². The van der Waals surface area contributed by atoms with Gasteiger partial charge in [-0.2, -0.15) is 0 Å². The van der Waals surface area contributed by atoms with Gasteiger partial charge in [0.1, 0.15) is 11.5 Å². The van der Waals surface area contributed by atoms with Gasteiger partial charge in [-0.25, -0.2) is 0 Å². The highest BCUT2D eigenvalue weighted by Crippen LogP contribution is 2.48. The molecule has 4 heteroatoms. The molecule has 0 amide bonds. The van der Waals surface area contributed by atoms with E-state index in [2.05, 4.69) is 0 Å². The zero-order chi connectivity index (χ0) is 14.1. The van der Waals surface area contributed by atoms with E-state index in [1.807, 2.05) is 24.3 Å². The first-order valence-corrected chi connectivity index (χ1v) is 6.49. The van der Waals surface area contributed by atoms with Crippen molar-refractivity contribution < 1.29 is 14.6 Å². The van der Waals surface area contributed by atoms with E-state index >= 15 is 0 Å². The lowest BCUT2D eigenvalue weighted by Crippen LogP contribution is -1.98. The average Bonchev–Trinajstić information content (AvgIpc) is 3.22. The molecule has 1 fully saturated rings. The van der Waals surface area contributed by atoms with Crippen LogP contribution < -0.4 is 10.5 Å². The molecule has 102 valence electrons. The number of ether oxygens (including phenoxy) is 1. The molecule has 2 unspecified atom stereocenters. The summed E-state index contributed by atoms with van der Waals surface area (Å²) in [7, 11) is 0. The lowest BCUT2D eigenvalue weighted by molar-refractivity contribution is -0.138. The van der Waals surface area contributed by atoms with Gasteiger partial charge in [0.25, 0.3) is 0 Å². The Morgan fingerprint density at radius 3 is 2.55 bits per heavy atom. The summed E-state index contributed by atoms with van der Waals surface area (Å²) < 4.78 is 5.74. The van der Waals surface area contributed by atoms with Crippen molar-refractivity contribution >= 4 is 11.7 Å². The SMILES string of the molecule is Nc1ccc(Oc2cccc(C3CC3C(=O)O)c2)cc1. The number of aliphatic carboxylic acids is 1. The fourth-order valence-electron chi connectivity index (χ4n) is 2.32. The molecule has 0 aromatic heterocycles. The molecule has 2 atom stereocenters. The van der Waals surface area contributed by atoms with Gasteiger partial charge in [-0.1, -0.05) is 12.1 Å². The van der Waals surface area contributed by atoms with Crippen LogP contribution in [0.5, 0.6) is 11.5 Å². The van der Waals surface area contributed by atoms with Crippen LogP contribution in [-0.4, -0.2) is 11.1 Å². The smallest absolute Gasteiger partial charge is 0.307 e. The molecule has 1 saturated carbocycles. The Hall–Kier alpha value is -2.49. The number of hydrogen-bond donors (Lipinski definition) is 2. The first kappa shape index (κ1) is 12.5. The standard InChI is InChI=1S/C16H15NO3/c17-11-4-6-12(7-5-11)20-13-3-1-2-10(8-13)14-9-15(14)16(18)19/h1-8,14-15H,9,17H2,(H,18,19). The maximum absolute atomic E-state index is 10.9. The molecule has 2 aromatic rings. The fourth-order valence-corrected chi connectivity index (χ4v) is 2.32. The molecule has 1 aliphatic carbocycles. The molecule has 0 spiro atoms. The Balaban J connectivity index is 1.75. The Morgan fingerprint density at radius 2 is 1.90 bits per heavy atom. The lowest BCUT2D eigenvalue weighted by Gasteiger charge is -2.07. The number of carboxylic acids is 1. The summed E-state index contributed by atoms with van der Waals surface area (Å²) in [5.41, 5.74) is 7.33. The zero-order valence-corrected chi connectivity index (χ0v) is 10.8. The van der Waals surface area contributed by atoms with E-state index in [1.54, 1.807) is 24.3 Å². The maximum atomic E-state index is 10.9. The van der Waals surface area contributed by atoms with Crippen molar-refractivity contribution in [1.82, 2.24) is 0 Å². The summed E-state index contributed by atoms with van der Waals surface area (Å²) in [6.45, 7) is 0. The first-order valence-electron chi connectivity index (χ1n) is 6.49. The van der Waals surface area contributed by atoms with Gasteiger partial charge >= 0.3 is 5.97 Å². The Kier molecular flexibility index (Phi) is 3.06. The van der Waals surface area contributed by atoms with E-state index in [0.717, 1.165) is 5.56 Å². The minimum atomic E-state index is -0.722. The fraction of sp³-hybridized carbons (Fsp3) is 0.188. The second-order valence-electron chi connectivity index (χ2n) is 5.03. The van der Waals surface area contributed by atoms with E-state index in [-0.39, 0.29) is 11.8 Å². The molecule has 2 aromatic carbocycles. The molecule has 3 rings (SSSR count). The van der Waals surface area contributed by atoms with Crippen LogP contribution in [0.1, 0.15) is 17.9 Å². The van der Waals surface area contributed by atoms with Gasteiger partial charge in [-0.05, 0) is 54.3 Å². The monoisotopic (exact) mass is 269 g/mol. The van der Waals surface area contributed by atoms with Gasteiger partial charge in [0.15, 0.2) is 0 Å². The normalized spacial score (nSPS) is 20.4. The molecular weight excluding hydrogens is 254 g/mol. The Labute approximate surface area is 116 Å². The summed E-state index contributed by atoms with van der Waals surface area (Å²) >= 11 is 0. The predicted molar refractivity (Wildman–Crippen MR) is 75.9 cm³/mol. The number of hydrogen-bond acceptors (Lipinski definition) is 3. The van der Waals surface area contributed by atoms with Gasteiger partial charge in [-0.3, -0.25) is 4.79 Å². The zero-order valence-electron chi connectivity index (χ0n) is 10.8. The quantitative estimate of drug-likeness (QED) is 0.836. The van der Waals surface area contributed by atoms with E-state index in [0.29, 0.717) is 23.6 Å². The first-order chi connectivity index (χ1) is 9.63. The van der Waals surface area contributed by atoms with Crippen molar-refractivity contribution in [2.24, 2.45) is 5.92 Å². The van der Waals surface area contributed by atoms with Gasteiger partial charge < -0.3 is 15.6 Å². The van der Waals surface area contributed by atoms with Crippen LogP contribution in [0.15, 0.2) is 48.5 Å². The highest BCUT2D eigenvalue weighted by Gasteiger charge is 2.44. The number of nitrogen functional groups attached to an aromatic ring is 1. The molecule has 0 heterocycles. The second kappa shape index (κ2) is 4.89. The lowest BCUT2D eigenvalue weighted by atomic mass is 10.1. The number of benzene rings is 2. The van der Waals surface area contributed by atoms with Crippen LogP contribution in [0.2, 0.25) is 0 Å². The molecule has 4 nitrogen and oxygen atoms in total. The van der Waals surface area contributed by atoms with E-state index in [9.17, 15) is 4.79 Å². The molecule has 20 heavy (non-hydrogen) atoms. The van der Waals surface area contributed by atoms with Crippen molar-refractivity contribution in [3.05, 3.63) is 54.1 Å². The summed E-state index contributed by atoms with van der Waals surface area (Å²) in [5.74, 6) is 0.564. The van der Waals surface area contributed by atoms with Crippen LogP contribution >= 0.6 is 0 Å². The molecule has 0 saturated heterocycles. The van der Waals surface area contributed by atoms with Gasteiger partial charge in [0.2, 0.25) is 0 Å². The van der Waals surface area contributed by atoms with Crippen molar-refractivity contribution in [3.8, 4) is 11.5 Å². The summed E-state index contributed by atoms with van der Waals surface area (Å²) in [5, 5.41) is 8.97. The third-order valence-corrected chi connectivity index (χ3v) is 3.51. The molecule has 0 radical (unpaired) electrons. The van der Waals surface area contributed by atoms with Gasteiger partial charge in [0.05, 0.1) is 5.92 Å². The third-order valence-electron chi connectivity index (χ3n) is 3.51. The molecule has 3 N–H and O–H groups in total. The summed E-state index contributed by atoms with van der Waals surface area (Å²) in [6.07, 6.45) is 0.709. The maximum Gasteiger partial charge on any atom is 0.307 e. The second-order valence-corrected chi connectivity index (χ2v) is 5.03. The molecule has 1 aliphatic rings. The van der Waals surface area contributed by atoms with Crippen molar-refractivity contribution in [2.45, 2.75) is 12.3 Å². The van der Waals surface area contributed by atoms with E-state index < -0.39 is 5.97 Å².